The van der Waals surface area contributed by atoms with Gasteiger partial charge in [0.1, 0.15) is 9.28 Å². The van der Waals surface area contributed by atoms with Crippen LogP contribution in [0.5, 0.6) is 0 Å². The molecule has 9 nitrogen and oxygen atoms in total. The summed E-state index contributed by atoms with van der Waals surface area (Å²) in [7, 11) is -3.24. The number of anilines is 1. The molecule has 3 N–H and O–H groups in total. The van der Waals surface area contributed by atoms with E-state index in [-0.39, 0.29) is 9.80 Å². The monoisotopic (exact) mass is 464 g/mol. The van der Waals surface area contributed by atoms with Gasteiger partial charge in [-0.05, 0) is 18.9 Å². The predicted molar refractivity (Wildman–Crippen MR) is 98.4 cm³/mol. The largest absolute Gasteiger partial charge is 0.345 e. The number of nitrogens with one attached hydrogen (secondary N) is 3. The molecule has 0 bridgehead atoms. The first-order valence-electron chi connectivity index (χ1n) is 7.39. The molecule has 0 radical (unpaired) electrons. The molecule has 1 unspecified atom stereocenters. The average molecular weight is 464 g/mol. The number of sulfonamides is 1. The molecule has 11 heteroatoms. The minimum Gasteiger partial charge on any atom is -0.345 e. The van der Waals surface area contributed by atoms with E-state index >= 15 is 0 Å². The summed E-state index contributed by atoms with van der Waals surface area (Å²) in [4.78, 5) is 23.4. The molecule has 130 valence electrons. The van der Waals surface area contributed by atoms with Crippen molar-refractivity contribution >= 4 is 55.6 Å². The third-order valence-corrected chi connectivity index (χ3v) is 7.51. The van der Waals surface area contributed by atoms with Crippen LogP contribution in [0.3, 0.4) is 0 Å². The number of hydrogen-bond acceptors (Lipinski definition) is 5. The van der Waals surface area contributed by atoms with Crippen molar-refractivity contribution in [3.05, 3.63) is 18.5 Å². The Balaban J connectivity index is 1.59. The first-order chi connectivity index (χ1) is 11.5. The van der Waals surface area contributed by atoms with Crippen LogP contribution < -0.4 is 10.6 Å². The lowest BCUT2D eigenvalue weighted by Gasteiger charge is -2.31. The highest BCUT2D eigenvalue weighted by atomic mass is 127. The molecule has 0 aromatic carbocycles. The highest BCUT2D eigenvalue weighted by molar-refractivity contribution is 14.1. The lowest BCUT2D eigenvalue weighted by atomic mass is 10.1. The van der Waals surface area contributed by atoms with Crippen molar-refractivity contribution in [2.75, 3.05) is 22.2 Å². The molecule has 0 aliphatic carbocycles. The van der Waals surface area contributed by atoms with Gasteiger partial charge < -0.3 is 10.3 Å². The molecule has 2 aromatic rings. The molecule has 0 saturated carbocycles. The average Bonchev–Trinajstić information content (AvgIpc) is 3.02. The second kappa shape index (κ2) is 7.19. The molecule has 24 heavy (non-hydrogen) atoms. The molecule has 1 saturated heterocycles. The van der Waals surface area contributed by atoms with E-state index < -0.39 is 16.1 Å². The Morgan fingerprint density at radius 1 is 1.50 bits per heavy atom. The Morgan fingerprint density at radius 3 is 3.12 bits per heavy atom. The summed E-state index contributed by atoms with van der Waals surface area (Å²) in [5.41, 5.74) is 1.30. The topological polar surface area (TPSA) is 120 Å². The quantitative estimate of drug-likeness (QED) is 0.465. The van der Waals surface area contributed by atoms with Gasteiger partial charge in [0.15, 0.2) is 11.5 Å². The Hall–Kier alpha value is -1.47. The van der Waals surface area contributed by atoms with Crippen LogP contribution in [-0.4, -0.2) is 56.6 Å². The molecule has 1 fully saturated rings. The van der Waals surface area contributed by atoms with Crippen LogP contribution in [0.15, 0.2) is 18.5 Å². The number of rotatable bonds is 4. The van der Waals surface area contributed by atoms with Crippen LogP contribution in [0.1, 0.15) is 12.8 Å². The molecule has 0 spiro atoms. The maximum Gasteiger partial charge on any atom is 0.320 e. The van der Waals surface area contributed by atoms with Crippen molar-refractivity contribution < 1.29 is 13.2 Å². The summed E-state index contributed by atoms with van der Waals surface area (Å²) < 4.78 is 25.4. The zero-order valence-corrected chi connectivity index (χ0v) is 15.7. The van der Waals surface area contributed by atoms with E-state index in [2.05, 4.69) is 25.6 Å². The number of alkyl halides is 1. The van der Waals surface area contributed by atoms with Crippen LogP contribution in [0.25, 0.3) is 11.2 Å². The summed E-state index contributed by atoms with van der Waals surface area (Å²) >= 11 is 1.84. The molecule has 3 heterocycles. The Bertz CT molecular complexity index is 839. The van der Waals surface area contributed by atoms with Crippen LogP contribution in [0, 0.1) is 0 Å². The number of nitrogens with zero attached hydrogens (tertiary/aromatic N) is 3. The Kier molecular flexibility index (Phi) is 5.20. The van der Waals surface area contributed by atoms with E-state index in [4.69, 9.17) is 0 Å². The predicted octanol–water partition coefficient (Wildman–Crippen LogP) is 1.27. The summed E-state index contributed by atoms with van der Waals surface area (Å²) in [6.07, 6.45) is 4.64. The van der Waals surface area contributed by atoms with Gasteiger partial charge in [-0.15, -0.1) is 0 Å². The van der Waals surface area contributed by atoms with Gasteiger partial charge in [0.05, 0.1) is 6.20 Å². The van der Waals surface area contributed by atoms with Gasteiger partial charge in [-0.25, -0.2) is 23.2 Å². The second-order valence-corrected chi connectivity index (χ2v) is 9.25. The molecule has 3 rings (SSSR count). The number of carbonyl (C=O) groups is 1. The fraction of sp³-hybridized carbons (Fsp3) is 0.462. The zero-order chi connectivity index (χ0) is 17.2. The number of urea groups is 1. The minimum atomic E-state index is -3.24. The van der Waals surface area contributed by atoms with Gasteiger partial charge in [0, 0.05) is 25.3 Å². The van der Waals surface area contributed by atoms with E-state index in [0.29, 0.717) is 30.1 Å². The molecule has 2 amide bonds. The van der Waals surface area contributed by atoms with Gasteiger partial charge in [-0.1, -0.05) is 22.6 Å². The van der Waals surface area contributed by atoms with Gasteiger partial charge in [-0.2, -0.15) is 4.31 Å². The number of aromatic nitrogens is 3. The summed E-state index contributed by atoms with van der Waals surface area (Å²) in [6.45, 7) is 0.794. The number of H-pyrrole nitrogens is 1. The number of fused-ring (bicyclic) bond motifs is 1. The normalized spacial score (nSPS) is 19.3. The molecular formula is C13H17IN6O3S. The molecular weight excluding hydrogens is 447 g/mol. The number of aromatic amines is 1. The van der Waals surface area contributed by atoms with Crippen molar-refractivity contribution in [2.45, 2.75) is 18.9 Å². The maximum atomic E-state index is 12.1. The second-order valence-electron chi connectivity index (χ2n) is 5.48. The van der Waals surface area contributed by atoms with Crippen LogP contribution in [-0.2, 0) is 10.0 Å². The minimum absolute atomic E-state index is 0.0376. The summed E-state index contributed by atoms with van der Waals surface area (Å²) in [5, 5.41) is 5.43. The number of carbonyl (C=O) groups excluding carboxylic acids is 1. The fourth-order valence-electron chi connectivity index (χ4n) is 2.61. The number of piperidine rings is 1. The lowest BCUT2D eigenvalue weighted by Crippen LogP contribution is -2.50. The van der Waals surface area contributed by atoms with E-state index in [0.717, 1.165) is 12.8 Å². The van der Waals surface area contributed by atoms with E-state index in [1.807, 2.05) is 22.6 Å². The Morgan fingerprint density at radius 2 is 2.33 bits per heavy atom. The van der Waals surface area contributed by atoms with Crippen LogP contribution >= 0.6 is 22.6 Å². The van der Waals surface area contributed by atoms with Gasteiger partial charge >= 0.3 is 6.03 Å². The Labute approximate surface area is 152 Å². The standard InChI is InChI=1S/C13H17IN6O3S/c14-8-24(22,23)20-5-1-2-9(7-20)17-13(21)19-11-6-16-12-10(18-11)3-4-15-12/h3-4,6,9H,1-2,5,7-8H2,(H,15,16)(H2,17,18,19,21). The van der Waals surface area contributed by atoms with Crippen molar-refractivity contribution in [2.24, 2.45) is 0 Å². The van der Waals surface area contributed by atoms with Crippen molar-refractivity contribution in [1.82, 2.24) is 24.6 Å². The van der Waals surface area contributed by atoms with E-state index in [9.17, 15) is 13.2 Å². The summed E-state index contributed by atoms with van der Waals surface area (Å²) in [6, 6.07) is 1.12. The molecule has 1 aliphatic heterocycles. The van der Waals surface area contributed by atoms with Crippen LogP contribution in [0.2, 0.25) is 0 Å². The SMILES string of the molecule is O=C(Nc1cnc2[nH]ccc2n1)NC1CCCN(S(=O)(=O)CI)C1. The number of hydrogen-bond donors (Lipinski definition) is 3. The van der Waals surface area contributed by atoms with E-state index in [1.165, 1.54) is 10.5 Å². The zero-order valence-electron chi connectivity index (χ0n) is 12.7. The molecule has 2 aromatic heterocycles. The van der Waals surface area contributed by atoms with E-state index in [1.54, 1.807) is 12.3 Å². The summed E-state index contributed by atoms with van der Waals surface area (Å²) in [5.74, 6) is 0.340. The third kappa shape index (κ3) is 3.95. The fourth-order valence-corrected chi connectivity index (χ4v) is 4.74. The van der Waals surface area contributed by atoms with Crippen molar-refractivity contribution in [3.8, 4) is 0 Å². The smallest absolute Gasteiger partial charge is 0.320 e. The highest BCUT2D eigenvalue weighted by Crippen LogP contribution is 2.16. The highest BCUT2D eigenvalue weighted by Gasteiger charge is 2.28. The first kappa shape index (κ1) is 17.4. The lowest BCUT2D eigenvalue weighted by molar-refractivity contribution is 0.236. The van der Waals surface area contributed by atoms with Gasteiger partial charge in [-0.3, -0.25) is 5.32 Å². The van der Waals surface area contributed by atoms with Gasteiger partial charge in [0.2, 0.25) is 10.0 Å². The number of halogens is 1. The van der Waals surface area contributed by atoms with Crippen molar-refractivity contribution in [3.63, 3.8) is 0 Å². The first-order valence-corrected chi connectivity index (χ1v) is 10.5. The third-order valence-electron chi connectivity index (χ3n) is 3.75. The maximum absolute atomic E-state index is 12.1. The van der Waals surface area contributed by atoms with Crippen LogP contribution in [0.4, 0.5) is 10.6 Å². The van der Waals surface area contributed by atoms with Gasteiger partial charge in [0.25, 0.3) is 0 Å². The molecule has 1 atom stereocenters. The number of amides is 2. The van der Waals surface area contributed by atoms with Crippen molar-refractivity contribution in [1.29, 1.82) is 0 Å². The molecule has 1 aliphatic rings.